The first-order valence-corrected chi connectivity index (χ1v) is 9.26. The van der Waals surface area contributed by atoms with Gasteiger partial charge in [-0.1, -0.05) is 13.8 Å². The number of amides is 2. The fraction of sp³-hybridized carbons (Fsp3) is 0.579. The Bertz CT molecular complexity index is 717. The van der Waals surface area contributed by atoms with Crippen LogP contribution >= 0.6 is 0 Å². The quantitative estimate of drug-likeness (QED) is 0.845. The van der Waals surface area contributed by atoms with Crippen molar-refractivity contribution in [3.8, 4) is 0 Å². The van der Waals surface area contributed by atoms with Crippen molar-refractivity contribution < 1.29 is 19.1 Å². The fourth-order valence-corrected chi connectivity index (χ4v) is 3.84. The first-order valence-electron chi connectivity index (χ1n) is 9.26. The molecule has 26 heavy (non-hydrogen) atoms. The molecule has 1 atom stereocenters. The van der Waals surface area contributed by atoms with Crippen molar-refractivity contribution in [2.24, 2.45) is 5.92 Å². The van der Waals surface area contributed by atoms with Crippen LogP contribution in [0.3, 0.4) is 0 Å². The largest absolute Gasteiger partial charge is 0.372 e. The third-order valence-electron chi connectivity index (χ3n) is 5.41. The molecule has 2 saturated heterocycles. The van der Waals surface area contributed by atoms with Crippen LogP contribution in [0.15, 0.2) is 18.2 Å². The van der Waals surface area contributed by atoms with Crippen LogP contribution in [0.5, 0.6) is 0 Å². The Labute approximate surface area is 153 Å². The zero-order valence-corrected chi connectivity index (χ0v) is 15.2. The maximum atomic E-state index is 12.9. The summed E-state index contributed by atoms with van der Waals surface area (Å²) in [5.74, 6) is -0.394. The monoisotopic (exact) mass is 359 g/mol. The summed E-state index contributed by atoms with van der Waals surface area (Å²) in [6.45, 7) is 6.47. The van der Waals surface area contributed by atoms with Crippen molar-refractivity contribution in [1.29, 1.82) is 0 Å². The second-order valence-electron chi connectivity index (χ2n) is 7.52. The van der Waals surface area contributed by atoms with Crippen LogP contribution < -0.4 is 10.6 Å². The predicted molar refractivity (Wildman–Crippen MR) is 97.1 cm³/mol. The van der Waals surface area contributed by atoms with Crippen LogP contribution in [0.1, 0.15) is 37.0 Å². The Morgan fingerprint density at radius 1 is 1.19 bits per heavy atom. The molecule has 7 heteroatoms. The number of carbonyl (C=O) groups excluding carboxylic acids is 2. The van der Waals surface area contributed by atoms with Crippen molar-refractivity contribution in [2.75, 3.05) is 36.9 Å². The Kier molecular flexibility index (Phi) is 4.36. The molecule has 0 radical (unpaired) electrons. The number of benzene rings is 1. The van der Waals surface area contributed by atoms with Gasteiger partial charge in [0.2, 0.25) is 5.91 Å². The Morgan fingerprint density at radius 3 is 2.54 bits per heavy atom. The highest BCUT2D eigenvalue weighted by atomic mass is 16.7. The highest BCUT2D eigenvalue weighted by Gasteiger charge is 2.41. The summed E-state index contributed by atoms with van der Waals surface area (Å²) in [6, 6.07) is 5.18. The summed E-state index contributed by atoms with van der Waals surface area (Å²) in [5.41, 5.74) is 2.09. The number of fused-ring (bicyclic) bond motifs is 1. The van der Waals surface area contributed by atoms with Crippen LogP contribution in [0.2, 0.25) is 0 Å². The van der Waals surface area contributed by atoms with Crippen molar-refractivity contribution in [1.82, 2.24) is 4.90 Å². The van der Waals surface area contributed by atoms with Gasteiger partial charge in [0.25, 0.3) is 5.91 Å². The number of rotatable bonds is 2. The van der Waals surface area contributed by atoms with Gasteiger partial charge < -0.3 is 25.0 Å². The zero-order chi connectivity index (χ0) is 18.3. The number of hydrogen-bond acceptors (Lipinski definition) is 5. The summed E-state index contributed by atoms with van der Waals surface area (Å²) in [7, 11) is 0. The number of carbonyl (C=O) groups is 2. The molecular formula is C19H25N3O4. The molecule has 0 aromatic heterocycles. The van der Waals surface area contributed by atoms with E-state index in [2.05, 4.69) is 10.6 Å². The third kappa shape index (κ3) is 3.05. The molecule has 1 unspecified atom stereocenters. The number of likely N-dealkylation sites (tertiary alicyclic amines) is 1. The van der Waals surface area contributed by atoms with Gasteiger partial charge in [0.05, 0.1) is 24.6 Å². The molecule has 0 bridgehead atoms. The lowest BCUT2D eigenvalue weighted by atomic mass is 9.99. The lowest BCUT2D eigenvalue weighted by Gasteiger charge is -2.37. The number of anilines is 2. The van der Waals surface area contributed by atoms with Crippen molar-refractivity contribution in [3.05, 3.63) is 23.8 Å². The van der Waals surface area contributed by atoms with Gasteiger partial charge in [0, 0.05) is 31.5 Å². The average Bonchev–Trinajstić information content (AvgIpc) is 3.08. The van der Waals surface area contributed by atoms with Gasteiger partial charge in [0.1, 0.15) is 6.04 Å². The van der Waals surface area contributed by atoms with E-state index in [1.807, 2.05) is 30.9 Å². The molecule has 0 saturated carbocycles. The highest BCUT2D eigenvalue weighted by Crippen LogP contribution is 2.33. The average molecular weight is 359 g/mol. The van der Waals surface area contributed by atoms with Crippen LogP contribution in [0, 0.1) is 5.92 Å². The maximum Gasteiger partial charge on any atom is 0.253 e. The first kappa shape index (κ1) is 17.3. The molecule has 3 aliphatic rings. The smallest absolute Gasteiger partial charge is 0.253 e. The van der Waals surface area contributed by atoms with Gasteiger partial charge in [-0.2, -0.15) is 0 Å². The number of nitrogens with zero attached hydrogens (tertiary/aromatic N) is 1. The van der Waals surface area contributed by atoms with E-state index in [1.54, 1.807) is 6.07 Å². The molecule has 140 valence electrons. The number of hydrogen-bond donors (Lipinski definition) is 2. The van der Waals surface area contributed by atoms with Gasteiger partial charge >= 0.3 is 0 Å². The van der Waals surface area contributed by atoms with Gasteiger partial charge in [-0.3, -0.25) is 9.59 Å². The normalized spacial score (nSPS) is 24.3. The van der Waals surface area contributed by atoms with Crippen LogP contribution in [-0.2, 0) is 14.3 Å². The summed E-state index contributed by atoms with van der Waals surface area (Å²) < 4.78 is 11.4. The molecule has 2 fully saturated rings. The molecular weight excluding hydrogens is 334 g/mol. The second kappa shape index (κ2) is 6.55. The van der Waals surface area contributed by atoms with E-state index in [4.69, 9.17) is 9.47 Å². The van der Waals surface area contributed by atoms with Crippen LogP contribution in [0.25, 0.3) is 0 Å². The van der Waals surface area contributed by atoms with E-state index < -0.39 is 5.79 Å². The van der Waals surface area contributed by atoms with E-state index in [0.717, 1.165) is 5.69 Å². The molecule has 1 aromatic rings. The van der Waals surface area contributed by atoms with Gasteiger partial charge in [-0.15, -0.1) is 0 Å². The van der Waals surface area contributed by atoms with E-state index >= 15 is 0 Å². The van der Waals surface area contributed by atoms with Gasteiger partial charge in [-0.05, 0) is 24.1 Å². The molecule has 0 aliphatic carbocycles. The fourth-order valence-electron chi connectivity index (χ4n) is 3.84. The topological polar surface area (TPSA) is 79.9 Å². The summed E-state index contributed by atoms with van der Waals surface area (Å²) >= 11 is 0. The summed E-state index contributed by atoms with van der Waals surface area (Å²) in [6.07, 6.45) is 1.39. The van der Waals surface area contributed by atoms with Crippen molar-refractivity contribution in [2.45, 2.75) is 38.5 Å². The van der Waals surface area contributed by atoms with E-state index in [9.17, 15) is 9.59 Å². The molecule has 2 amide bonds. The minimum atomic E-state index is -0.490. The van der Waals surface area contributed by atoms with Crippen LogP contribution in [-0.4, -0.2) is 54.8 Å². The lowest BCUT2D eigenvalue weighted by molar-refractivity contribution is -0.181. The summed E-state index contributed by atoms with van der Waals surface area (Å²) in [5, 5.41) is 6.17. The van der Waals surface area contributed by atoms with Crippen LogP contribution in [0.4, 0.5) is 11.4 Å². The first-order chi connectivity index (χ1) is 12.5. The maximum absolute atomic E-state index is 12.9. The van der Waals surface area contributed by atoms with Crippen molar-refractivity contribution >= 4 is 23.2 Å². The summed E-state index contributed by atoms with van der Waals surface area (Å²) in [4.78, 5) is 26.9. The molecule has 1 spiro atoms. The SMILES string of the molecule is CC(C)C1Nc2ccc(C(=O)N3CCC4(CC3)OCCO4)cc2NC1=O. The molecule has 3 aliphatic heterocycles. The number of ether oxygens (including phenoxy) is 2. The minimum absolute atomic E-state index is 0.0270. The minimum Gasteiger partial charge on any atom is -0.372 e. The molecule has 4 rings (SSSR count). The molecule has 1 aromatic carbocycles. The van der Waals surface area contributed by atoms with Crippen molar-refractivity contribution in [3.63, 3.8) is 0 Å². The van der Waals surface area contributed by atoms with E-state index in [1.165, 1.54) is 0 Å². The Morgan fingerprint density at radius 2 is 1.88 bits per heavy atom. The Hall–Kier alpha value is -2.12. The molecule has 7 nitrogen and oxygen atoms in total. The molecule has 2 N–H and O–H groups in total. The Balaban J connectivity index is 1.46. The van der Waals surface area contributed by atoms with E-state index in [0.29, 0.717) is 50.4 Å². The highest BCUT2D eigenvalue weighted by molar-refractivity contribution is 6.05. The predicted octanol–water partition coefficient (Wildman–Crippen LogP) is 2.05. The van der Waals surface area contributed by atoms with E-state index in [-0.39, 0.29) is 23.8 Å². The molecule has 3 heterocycles. The number of piperidine rings is 1. The van der Waals surface area contributed by atoms with Gasteiger partial charge in [-0.25, -0.2) is 0 Å². The lowest BCUT2D eigenvalue weighted by Crippen LogP contribution is -2.47. The second-order valence-corrected chi connectivity index (χ2v) is 7.52. The standard InChI is InChI=1S/C19H25N3O4/c1-12(2)16-17(23)21-15-11-13(3-4-14(15)20-16)18(24)22-7-5-19(6-8-22)25-9-10-26-19/h3-4,11-12,16,20H,5-10H2,1-2H3,(H,21,23). The van der Waals surface area contributed by atoms with Gasteiger partial charge in [0.15, 0.2) is 5.79 Å². The third-order valence-corrected chi connectivity index (χ3v) is 5.41. The zero-order valence-electron chi connectivity index (χ0n) is 15.2. The number of nitrogens with one attached hydrogen (secondary N) is 2.